The van der Waals surface area contributed by atoms with Crippen molar-refractivity contribution in [3.05, 3.63) is 29.1 Å². The summed E-state index contributed by atoms with van der Waals surface area (Å²) in [6, 6.07) is 1.74. The number of hydrogen-bond donors (Lipinski definition) is 2. The lowest BCUT2D eigenvalue weighted by molar-refractivity contribution is -0.136. The van der Waals surface area contributed by atoms with E-state index in [0.29, 0.717) is 18.5 Å². The van der Waals surface area contributed by atoms with Crippen molar-refractivity contribution < 1.29 is 33.4 Å². The molecule has 1 aromatic rings. The van der Waals surface area contributed by atoms with E-state index in [1.807, 2.05) is 0 Å². The quantitative estimate of drug-likeness (QED) is 0.734. The summed E-state index contributed by atoms with van der Waals surface area (Å²) < 4.78 is 20.1. The van der Waals surface area contributed by atoms with Crippen molar-refractivity contribution in [1.82, 2.24) is 15.1 Å². The van der Waals surface area contributed by atoms with Crippen LogP contribution in [0.3, 0.4) is 0 Å². The van der Waals surface area contributed by atoms with Crippen molar-refractivity contribution in [1.29, 1.82) is 0 Å². The van der Waals surface area contributed by atoms with E-state index in [4.69, 9.17) is 9.84 Å². The Kier molecular flexibility index (Phi) is 4.40. The number of carbonyl (C=O) groups excluding carboxylic acids is 3. The Morgan fingerprint density at radius 3 is 2.71 bits per heavy atom. The summed E-state index contributed by atoms with van der Waals surface area (Å²) in [6.07, 6.45) is -0.702. The number of fused-ring (bicyclic) bond motifs is 1. The standard InChI is InChI=1S/C18H18FN3O6/c19-12-6-11-9(5-14(12)28-10-3-4-21(8-10)18(26)27)7-22(17(11)25)13-1-2-15(23)20-16(13)24/h5-6,10,13H,1-4,7-8H2,(H,26,27)(H,20,23,24)/t10-,13?/m0/s1. The molecule has 0 bridgehead atoms. The Morgan fingerprint density at radius 2 is 2.04 bits per heavy atom. The monoisotopic (exact) mass is 391 g/mol. The lowest BCUT2D eigenvalue weighted by Gasteiger charge is -2.29. The van der Waals surface area contributed by atoms with Gasteiger partial charge in [-0.05, 0) is 24.1 Å². The highest BCUT2D eigenvalue weighted by molar-refractivity contribution is 6.05. The summed E-state index contributed by atoms with van der Waals surface area (Å²) in [5.74, 6) is -2.14. The average molecular weight is 391 g/mol. The van der Waals surface area contributed by atoms with Crippen molar-refractivity contribution in [2.45, 2.75) is 38.0 Å². The van der Waals surface area contributed by atoms with Crippen molar-refractivity contribution in [3.8, 4) is 5.75 Å². The van der Waals surface area contributed by atoms with Gasteiger partial charge in [0.25, 0.3) is 5.91 Å². The Hall–Kier alpha value is -3.17. The predicted molar refractivity (Wildman–Crippen MR) is 91.1 cm³/mol. The number of nitrogens with one attached hydrogen (secondary N) is 1. The second-order valence-corrected chi connectivity index (χ2v) is 7.10. The third kappa shape index (κ3) is 3.14. The third-order valence-electron chi connectivity index (χ3n) is 5.29. The van der Waals surface area contributed by atoms with E-state index in [9.17, 15) is 23.6 Å². The zero-order chi connectivity index (χ0) is 20.0. The van der Waals surface area contributed by atoms with Gasteiger partial charge in [0.1, 0.15) is 12.1 Å². The van der Waals surface area contributed by atoms with E-state index >= 15 is 0 Å². The lowest BCUT2D eigenvalue weighted by atomic mass is 10.0. The minimum Gasteiger partial charge on any atom is -0.485 e. The number of hydrogen-bond acceptors (Lipinski definition) is 5. The number of piperidine rings is 1. The van der Waals surface area contributed by atoms with Gasteiger partial charge in [-0.3, -0.25) is 19.7 Å². The van der Waals surface area contributed by atoms with Crippen LogP contribution in [0.2, 0.25) is 0 Å². The van der Waals surface area contributed by atoms with Crippen LogP contribution in [0.15, 0.2) is 12.1 Å². The molecule has 4 amide bonds. The van der Waals surface area contributed by atoms with Gasteiger partial charge < -0.3 is 19.6 Å². The van der Waals surface area contributed by atoms with Crippen LogP contribution in [-0.4, -0.2) is 64.0 Å². The highest BCUT2D eigenvalue weighted by atomic mass is 19.1. The molecule has 2 N–H and O–H groups in total. The van der Waals surface area contributed by atoms with Crippen molar-refractivity contribution in [2.75, 3.05) is 13.1 Å². The average Bonchev–Trinajstić information content (AvgIpc) is 3.22. The number of nitrogens with zero attached hydrogens (tertiary/aromatic N) is 2. The van der Waals surface area contributed by atoms with E-state index in [2.05, 4.69) is 5.32 Å². The summed E-state index contributed by atoms with van der Waals surface area (Å²) in [7, 11) is 0. The minimum atomic E-state index is -1.05. The van der Waals surface area contributed by atoms with Gasteiger partial charge in [-0.25, -0.2) is 9.18 Å². The summed E-state index contributed by atoms with van der Waals surface area (Å²) in [5.41, 5.74) is 0.687. The first kappa shape index (κ1) is 18.2. The van der Waals surface area contributed by atoms with Gasteiger partial charge in [0.15, 0.2) is 11.6 Å². The summed E-state index contributed by atoms with van der Waals surface area (Å²) >= 11 is 0. The molecule has 2 saturated heterocycles. The van der Waals surface area contributed by atoms with E-state index in [0.717, 1.165) is 6.07 Å². The van der Waals surface area contributed by atoms with Crippen molar-refractivity contribution in [3.63, 3.8) is 0 Å². The Morgan fingerprint density at radius 1 is 1.25 bits per heavy atom. The normalized spacial score (nSPS) is 24.4. The summed E-state index contributed by atoms with van der Waals surface area (Å²) in [5, 5.41) is 11.2. The molecule has 1 unspecified atom stereocenters. The smallest absolute Gasteiger partial charge is 0.407 e. The fraction of sp³-hybridized carbons (Fsp3) is 0.444. The maximum Gasteiger partial charge on any atom is 0.407 e. The van der Waals surface area contributed by atoms with Gasteiger partial charge in [0.05, 0.1) is 6.54 Å². The Bertz CT molecular complexity index is 888. The number of amides is 4. The maximum absolute atomic E-state index is 14.5. The molecule has 0 aliphatic carbocycles. The molecule has 28 heavy (non-hydrogen) atoms. The Balaban J connectivity index is 1.51. The van der Waals surface area contributed by atoms with Crippen LogP contribution in [0.4, 0.5) is 9.18 Å². The van der Waals surface area contributed by atoms with Crippen LogP contribution >= 0.6 is 0 Å². The van der Waals surface area contributed by atoms with Gasteiger partial charge in [-0.2, -0.15) is 0 Å². The number of imide groups is 1. The molecule has 0 radical (unpaired) electrons. The molecule has 3 aliphatic rings. The van der Waals surface area contributed by atoms with Gasteiger partial charge in [0, 0.05) is 31.5 Å². The van der Waals surface area contributed by atoms with Crippen LogP contribution in [-0.2, 0) is 16.1 Å². The number of benzene rings is 1. The molecule has 0 saturated carbocycles. The van der Waals surface area contributed by atoms with Crippen LogP contribution in [0.25, 0.3) is 0 Å². The molecule has 0 spiro atoms. The maximum atomic E-state index is 14.5. The number of carbonyl (C=O) groups is 4. The first-order valence-electron chi connectivity index (χ1n) is 8.95. The fourth-order valence-corrected chi connectivity index (χ4v) is 3.83. The largest absolute Gasteiger partial charge is 0.485 e. The molecule has 10 heteroatoms. The minimum absolute atomic E-state index is 0.0473. The number of halogens is 1. The van der Waals surface area contributed by atoms with Crippen molar-refractivity contribution >= 4 is 23.8 Å². The van der Waals surface area contributed by atoms with E-state index in [-0.39, 0.29) is 43.2 Å². The molecule has 0 aromatic heterocycles. The molecule has 2 atom stereocenters. The molecule has 3 aliphatic heterocycles. The molecule has 148 valence electrons. The molecule has 9 nitrogen and oxygen atoms in total. The van der Waals surface area contributed by atoms with E-state index in [1.54, 1.807) is 0 Å². The van der Waals surface area contributed by atoms with E-state index in [1.165, 1.54) is 15.9 Å². The molecular weight excluding hydrogens is 373 g/mol. The summed E-state index contributed by atoms with van der Waals surface area (Å²) in [6.45, 7) is 0.574. The van der Waals surface area contributed by atoms with Crippen LogP contribution in [0, 0.1) is 5.82 Å². The molecular formula is C18H18FN3O6. The van der Waals surface area contributed by atoms with Crippen LogP contribution < -0.4 is 10.1 Å². The van der Waals surface area contributed by atoms with Gasteiger partial charge >= 0.3 is 6.09 Å². The SMILES string of the molecule is O=C1CCC(N2Cc3cc(O[C@H]4CCN(C(=O)O)C4)c(F)cc3C2=O)C(=O)N1. The number of ether oxygens (including phenoxy) is 1. The topological polar surface area (TPSA) is 116 Å². The lowest BCUT2D eigenvalue weighted by Crippen LogP contribution is -2.52. The zero-order valence-electron chi connectivity index (χ0n) is 14.8. The molecule has 1 aromatic carbocycles. The number of rotatable bonds is 3. The van der Waals surface area contributed by atoms with Crippen molar-refractivity contribution in [2.24, 2.45) is 0 Å². The van der Waals surface area contributed by atoms with E-state index < -0.39 is 35.9 Å². The van der Waals surface area contributed by atoms with Crippen LogP contribution in [0.5, 0.6) is 5.75 Å². The van der Waals surface area contributed by atoms with Crippen LogP contribution in [0.1, 0.15) is 35.2 Å². The highest BCUT2D eigenvalue weighted by Crippen LogP contribution is 2.33. The van der Waals surface area contributed by atoms with Gasteiger partial charge in [0.2, 0.25) is 11.8 Å². The second-order valence-electron chi connectivity index (χ2n) is 7.10. The Labute approximate surface area is 159 Å². The third-order valence-corrected chi connectivity index (χ3v) is 5.29. The predicted octanol–water partition coefficient (Wildman–Crippen LogP) is 0.718. The molecule has 3 heterocycles. The zero-order valence-corrected chi connectivity index (χ0v) is 14.8. The van der Waals surface area contributed by atoms with Gasteiger partial charge in [-0.1, -0.05) is 0 Å². The first-order valence-corrected chi connectivity index (χ1v) is 8.95. The highest BCUT2D eigenvalue weighted by Gasteiger charge is 2.40. The summed E-state index contributed by atoms with van der Waals surface area (Å²) in [4.78, 5) is 49.5. The molecule has 4 rings (SSSR count). The first-order chi connectivity index (χ1) is 13.3. The van der Waals surface area contributed by atoms with Gasteiger partial charge in [-0.15, -0.1) is 0 Å². The molecule has 2 fully saturated rings. The number of likely N-dealkylation sites (tertiary alicyclic amines) is 1. The fourth-order valence-electron chi connectivity index (χ4n) is 3.83. The second kappa shape index (κ2) is 6.77. The number of carboxylic acid groups (broad SMARTS) is 1.